The third kappa shape index (κ3) is 92.2. The van der Waals surface area contributed by atoms with Gasteiger partial charge in [0.15, 0.2) is 0 Å². The predicted octanol–water partition coefficient (Wildman–Crippen LogP) is -8.61. The van der Waals surface area contributed by atoms with Gasteiger partial charge in [-0.05, 0) is 0 Å². The van der Waals surface area contributed by atoms with Crippen molar-refractivity contribution in [1.29, 1.82) is 0 Å². The van der Waals surface area contributed by atoms with Gasteiger partial charge in [0.1, 0.15) is 0 Å². The first-order chi connectivity index (χ1) is 1.73. The monoisotopic (exact) mass is 181 g/mol. The van der Waals surface area contributed by atoms with Gasteiger partial charge in [-0.25, -0.2) is 0 Å². The third-order valence-corrected chi connectivity index (χ3v) is 0. The molecule has 0 unspecified atom stereocenters. The van der Waals surface area contributed by atoms with E-state index in [0.717, 1.165) is 0 Å². The van der Waals surface area contributed by atoms with Crippen molar-refractivity contribution < 1.29 is 89.6 Å². The normalized spacial score (nSPS) is 3.25. The summed E-state index contributed by atoms with van der Waals surface area (Å²) in [4.78, 5) is 0. The zero-order chi connectivity index (χ0) is 3.58. The fraction of sp³-hybridized carbons (Fsp3) is 0. The first-order valence-electron chi connectivity index (χ1n) is 0.612. The second-order valence-corrected chi connectivity index (χ2v) is 1.03. The molecule has 0 aromatic carbocycles. The van der Waals surface area contributed by atoms with E-state index in [1.54, 1.807) is 0 Å². The maximum absolute atomic E-state index is 8.58. The van der Waals surface area contributed by atoms with Crippen LogP contribution in [-0.2, 0) is 44.5 Å². The molecule has 0 heterocycles. The zero-order valence-corrected chi connectivity index (χ0v) is 7.25. The molecule has 0 fully saturated rings. The van der Waals surface area contributed by atoms with E-state index in [-0.39, 0.29) is 60.3 Å². The van der Waals surface area contributed by atoms with Crippen LogP contribution >= 0.6 is 0 Å². The molecular formula is Li2MnO4Ti. The van der Waals surface area contributed by atoms with Gasteiger partial charge < -0.3 is 5.48 Å². The molecule has 0 saturated heterocycles. The van der Waals surface area contributed by atoms with Gasteiger partial charge in [0.25, 0.3) is 0 Å². The van der Waals surface area contributed by atoms with Gasteiger partial charge in [-0.1, -0.05) is 0 Å². The Kier molecular flexibility index (Phi) is 92.2. The van der Waals surface area contributed by atoms with Gasteiger partial charge >= 0.3 is 84.1 Å². The molecule has 4 nitrogen and oxygen atoms in total. The molecule has 0 aliphatic heterocycles. The average Bonchev–Trinajstić information content (AvgIpc) is 0.811. The Labute approximate surface area is 88.7 Å². The summed E-state index contributed by atoms with van der Waals surface area (Å²) in [6, 6.07) is 0. The quantitative estimate of drug-likeness (QED) is 0.347. The summed E-state index contributed by atoms with van der Waals surface area (Å²) in [5.74, 6) is 0. The third-order valence-electron chi connectivity index (χ3n) is 0. The summed E-state index contributed by atoms with van der Waals surface area (Å²) >= 11 is -4.08. The van der Waals surface area contributed by atoms with Gasteiger partial charge in [-0.2, -0.15) is 0 Å². The van der Waals surface area contributed by atoms with Crippen molar-refractivity contribution in [2.24, 2.45) is 0 Å². The molecule has 0 aromatic rings. The van der Waals surface area contributed by atoms with Crippen molar-refractivity contribution in [3.63, 3.8) is 0 Å². The predicted molar refractivity (Wildman–Crippen MR) is 1.37 cm³/mol. The molecule has 0 spiro atoms. The number of hydrogen-bond donors (Lipinski definition) is 0. The summed E-state index contributed by atoms with van der Waals surface area (Å²) in [7, 11) is 0. The van der Waals surface area contributed by atoms with Crippen LogP contribution in [0.2, 0.25) is 0 Å². The molecule has 37 valence electrons. The Bertz CT molecular complexity index is 37.0. The van der Waals surface area contributed by atoms with Crippen LogP contribution in [0.15, 0.2) is 0 Å². The Balaban J connectivity index is -0.00000000750. The van der Waals surface area contributed by atoms with Crippen LogP contribution in [0, 0.1) is 0 Å². The molecule has 0 saturated carbocycles. The van der Waals surface area contributed by atoms with Crippen LogP contribution < -0.4 is 45.1 Å². The molecule has 0 rings (SSSR count). The SMILES string of the molecule is [Li+].[Li+].[Mn+2].[O-2].[O]=[Ti]([O-])[O-]. The fourth-order valence-electron chi connectivity index (χ4n) is 0. The van der Waals surface area contributed by atoms with Crippen LogP contribution in [0.1, 0.15) is 0 Å². The first kappa shape index (κ1) is 32.1. The summed E-state index contributed by atoms with van der Waals surface area (Å²) in [5.41, 5.74) is 0. The van der Waals surface area contributed by atoms with E-state index < -0.39 is 18.6 Å². The number of hydrogen-bond acceptors (Lipinski definition) is 3. The summed E-state index contributed by atoms with van der Waals surface area (Å²) in [6.07, 6.45) is 0. The van der Waals surface area contributed by atoms with E-state index in [2.05, 4.69) is 0 Å². The Morgan fingerprint density at radius 2 is 1.12 bits per heavy atom. The topological polar surface area (TPSA) is 91.7 Å². The molecule has 0 N–H and O–H groups in total. The van der Waals surface area contributed by atoms with E-state index >= 15 is 0 Å². The van der Waals surface area contributed by atoms with Crippen LogP contribution in [0.5, 0.6) is 0 Å². The van der Waals surface area contributed by atoms with Crippen LogP contribution in [0.25, 0.3) is 0 Å². The standard InChI is InChI=1S/2Li.Mn.4O.Ti/q2*+1;+2;;-2;2*-1;. The van der Waals surface area contributed by atoms with Crippen LogP contribution in [0.4, 0.5) is 0 Å². The van der Waals surface area contributed by atoms with Gasteiger partial charge in [-0.15, -0.1) is 0 Å². The minimum absolute atomic E-state index is 0. The average molecular weight is 181 g/mol. The second-order valence-electron chi connectivity index (χ2n) is 0.250. The molecule has 0 aliphatic rings. The molecule has 0 bridgehead atoms. The van der Waals surface area contributed by atoms with E-state index in [1.807, 2.05) is 0 Å². The first-order valence-corrected chi connectivity index (χ1v) is 2.52. The van der Waals surface area contributed by atoms with Crippen LogP contribution in [-0.4, -0.2) is 0 Å². The van der Waals surface area contributed by atoms with Crippen molar-refractivity contribution in [3.05, 3.63) is 0 Å². The molecule has 0 aliphatic carbocycles. The van der Waals surface area contributed by atoms with E-state index in [9.17, 15) is 0 Å². The Morgan fingerprint density at radius 1 is 1.12 bits per heavy atom. The molecule has 0 aromatic heterocycles. The van der Waals surface area contributed by atoms with Gasteiger partial charge in [0.2, 0.25) is 0 Å². The molecular weight excluding hydrogens is 181 g/mol. The maximum atomic E-state index is 8.58. The minimum atomic E-state index is -4.08. The molecule has 8 heteroatoms. The van der Waals surface area contributed by atoms with E-state index in [1.165, 1.54) is 0 Å². The summed E-state index contributed by atoms with van der Waals surface area (Å²) in [5, 5.41) is 0. The van der Waals surface area contributed by atoms with Gasteiger partial charge in [0, 0.05) is 0 Å². The Hall–Kier alpha value is 2.11. The van der Waals surface area contributed by atoms with Crippen molar-refractivity contribution in [2.45, 2.75) is 0 Å². The molecule has 0 atom stereocenters. The summed E-state index contributed by atoms with van der Waals surface area (Å²) in [6.45, 7) is 0. The molecule has 0 amide bonds. The summed E-state index contributed by atoms with van der Waals surface area (Å²) < 4.78 is 25.8. The van der Waals surface area contributed by atoms with Crippen LogP contribution in [0.3, 0.4) is 0 Å². The van der Waals surface area contributed by atoms with Crippen molar-refractivity contribution in [1.82, 2.24) is 0 Å². The zero-order valence-electron chi connectivity index (χ0n) is 4.51. The van der Waals surface area contributed by atoms with Crippen molar-refractivity contribution in [3.8, 4) is 0 Å². The van der Waals surface area contributed by atoms with Crippen molar-refractivity contribution >= 4 is 0 Å². The van der Waals surface area contributed by atoms with Crippen molar-refractivity contribution in [2.75, 3.05) is 0 Å². The second kappa shape index (κ2) is 22.9. The number of rotatable bonds is 0. The van der Waals surface area contributed by atoms with Gasteiger partial charge in [-0.3, -0.25) is 0 Å². The Morgan fingerprint density at radius 3 is 1.12 bits per heavy atom. The fourth-order valence-corrected chi connectivity index (χ4v) is 0. The molecule has 8 heavy (non-hydrogen) atoms. The molecule has 1 radical (unpaired) electrons. The van der Waals surface area contributed by atoms with E-state index in [4.69, 9.17) is 10.7 Å². The van der Waals surface area contributed by atoms with E-state index in [0.29, 0.717) is 0 Å². The van der Waals surface area contributed by atoms with Gasteiger partial charge in [0.05, 0.1) is 0 Å².